The summed E-state index contributed by atoms with van der Waals surface area (Å²) < 4.78 is 7.57. The van der Waals surface area contributed by atoms with Gasteiger partial charge in [-0.05, 0) is 68.6 Å². The Balaban J connectivity index is 1.59. The van der Waals surface area contributed by atoms with Gasteiger partial charge in [0.15, 0.2) is 11.0 Å². The van der Waals surface area contributed by atoms with E-state index in [4.69, 9.17) is 4.74 Å². The SMILES string of the molecule is CCOc1ccc(-n2c(SCC(=O)Nc3cccc(SC)c3)nnc2-c2cccc(C)c2)cc1. The number of benzene rings is 3. The van der Waals surface area contributed by atoms with Crippen LogP contribution in [0.5, 0.6) is 5.75 Å². The van der Waals surface area contributed by atoms with Crippen LogP contribution in [-0.4, -0.2) is 39.3 Å². The van der Waals surface area contributed by atoms with E-state index in [9.17, 15) is 4.79 Å². The molecule has 1 amide bonds. The smallest absolute Gasteiger partial charge is 0.234 e. The fourth-order valence-corrected chi connectivity index (χ4v) is 4.66. The molecule has 34 heavy (non-hydrogen) atoms. The van der Waals surface area contributed by atoms with Crippen molar-refractivity contribution in [1.82, 2.24) is 14.8 Å². The zero-order chi connectivity index (χ0) is 23.9. The Morgan fingerprint density at radius 1 is 1.03 bits per heavy atom. The van der Waals surface area contributed by atoms with Crippen LogP contribution in [0.1, 0.15) is 12.5 Å². The number of nitrogens with zero attached hydrogens (tertiary/aromatic N) is 3. The van der Waals surface area contributed by atoms with Crippen LogP contribution in [-0.2, 0) is 4.79 Å². The fourth-order valence-electron chi connectivity index (χ4n) is 3.45. The van der Waals surface area contributed by atoms with Crippen molar-refractivity contribution in [2.24, 2.45) is 0 Å². The average Bonchev–Trinajstić information content (AvgIpc) is 3.27. The lowest BCUT2D eigenvalue weighted by atomic mass is 10.1. The Bertz CT molecular complexity index is 1270. The molecule has 1 N–H and O–H groups in total. The summed E-state index contributed by atoms with van der Waals surface area (Å²) in [6.45, 7) is 4.62. The first kappa shape index (κ1) is 23.9. The molecular weight excluding hydrogens is 464 g/mol. The van der Waals surface area contributed by atoms with Crippen molar-refractivity contribution in [3.63, 3.8) is 0 Å². The summed E-state index contributed by atoms with van der Waals surface area (Å²) in [6, 6.07) is 23.8. The quantitative estimate of drug-likeness (QED) is 0.286. The number of thioether (sulfide) groups is 2. The van der Waals surface area contributed by atoms with Gasteiger partial charge in [-0.15, -0.1) is 22.0 Å². The highest BCUT2D eigenvalue weighted by atomic mass is 32.2. The molecule has 6 nitrogen and oxygen atoms in total. The van der Waals surface area contributed by atoms with Crippen molar-refractivity contribution in [2.75, 3.05) is 23.9 Å². The van der Waals surface area contributed by atoms with Crippen molar-refractivity contribution in [3.8, 4) is 22.8 Å². The van der Waals surface area contributed by atoms with Gasteiger partial charge in [-0.25, -0.2) is 0 Å². The summed E-state index contributed by atoms with van der Waals surface area (Å²) in [6.07, 6.45) is 2.01. The number of carbonyl (C=O) groups excluding carboxylic acids is 1. The zero-order valence-corrected chi connectivity index (χ0v) is 21.0. The molecule has 0 radical (unpaired) electrons. The Morgan fingerprint density at radius 2 is 1.82 bits per heavy atom. The third kappa shape index (κ3) is 5.81. The molecule has 0 fully saturated rings. The van der Waals surface area contributed by atoms with Crippen molar-refractivity contribution in [2.45, 2.75) is 23.9 Å². The third-order valence-electron chi connectivity index (χ3n) is 5.00. The molecule has 0 atom stereocenters. The van der Waals surface area contributed by atoms with Crippen LogP contribution in [0.15, 0.2) is 82.8 Å². The van der Waals surface area contributed by atoms with Gasteiger partial charge in [0, 0.05) is 21.8 Å². The van der Waals surface area contributed by atoms with E-state index in [1.54, 1.807) is 11.8 Å². The molecule has 8 heteroatoms. The molecule has 0 aliphatic carbocycles. The Morgan fingerprint density at radius 3 is 2.56 bits per heavy atom. The normalized spacial score (nSPS) is 10.8. The number of ether oxygens (including phenoxy) is 1. The molecule has 0 saturated carbocycles. The monoisotopic (exact) mass is 490 g/mol. The van der Waals surface area contributed by atoms with E-state index in [0.717, 1.165) is 39.0 Å². The first-order valence-corrected chi connectivity index (χ1v) is 13.1. The molecule has 0 aliphatic rings. The van der Waals surface area contributed by atoms with E-state index in [2.05, 4.69) is 21.6 Å². The lowest BCUT2D eigenvalue weighted by Crippen LogP contribution is -2.14. The van der Waals surface area contributed by atoms with Gasteiger partial charge in [0.25, 0.3) is 0 Å². The second-order valence-electron chi connectivity index (χ2n) is 7.51. The standard InChI is InChI=1S/C26H26N4O2S2/c1-4-32-22-13-11-21(12-14-22)30-25(19-8-5-7-18(2)15-19)28-29-26(30)34-17-24(31)27-20-9-6-10-23(16-20)33-3/h5-16H,4,17H2,1-3H3,(H,27,31). The maximum Gasteiger partial charge on any atom is 0.234 e. The number of hydrogen-bond donors (Lipinski definition) is 1. The fraction of sp³-hybridized carbons (Fsp3) is 0.192. The summed E-state index contributed by atoms with van der Waals surface area (Å²) in [5, 5.41) is 12.5. The minimum atomic E-state index is -0.0957. The van der Waals surface area contributed by atoms with Gasteiger partial charge in [0.1, 0.15) is 5.75 Å². The highest BCUT2D eigenvalue weighted by Gasteiger charge is 2.18. The number of aryl methyl sites for hydroxylation is 1. The zero-order valence-electron chi connectivity index (χ0n) is 19.3. The molecule has 3 aromatic carbocycles. The van der Waals surface area contributed by atoms with E-state index in [0.29, 0.717) is 11.8 Å². The maximum atomic E-state index is 12.7. The largest absolute Gasteiger partial charge is 0.494 e. The lowest BCUT2D eigenvalue weighted by Gasteiger charge is -2.12. The minimum Gasteiger partial charge on any atom is -0.494 e. The highest BCUT2D eigenvalue weighted by Crippen LogP contribution is 2.29. The van der Waals surface area contributed by atoms with Crippen LogP contribution < -0.4 is 10.1 Å². The van der Waals surface area contributed by atoms with Crippen molar-refractivity contribution in [1.29, 1.82) is 0 Å². The topological polar surface area (TPSA) is 69.0 Å². The third-order valence-corrected chi connectivity index (χ3v) is 6.66. The average molecular weight is 491 g/mol. The summed E-state index contributed by atoms with van der Waals surface area (Å²) in [7, 11) is 0. The summed E-state index contributed by atoms with van der Waals surface area (Å²) >= 11 is 2.99. The minimum absolute atomic E-state index is 0.0957. The Labute approximate surface area is 208 Å². The molecule has 1 heterocycles. The van der Waals surface area contributed by atoms with Crippen molar-refractivity contribution in [3.05, 3.63) is 78.4 Å². The van der Waals surface area contributed by atoms with Gasteiger partial charge in [-0.2, -0.15) is 0 Å². The predicted molar refractivity (Wildman–Crippen MR) is 140 cm³/mol. The van der Waals surface area contributed by atoms with Crippen LogP contribution in [0.4, 0.5) is 5.69 Å². The lowest BCUT2D eigenvalue weighted by molar-refractivity contribution is -0.113. The number of rotatable bonds is 9. The molecule has 4 aromatic rings. The van der Waals surface area contributed by atoms with Gasteiger partial charge in [-0.3, -0.25) is 9.36 Å². The van der Waals surface area contributed by atoms with E-state index in [1.165, 1.54) is 11.8 Å². The van der Waals surface area contributed by atoms with Gasteiger partial charge in [-0.1, -0.05) is 41.6 Å². The first-order chi connectivity index (χ1) is 16.6. The number of anilines is 1. The van der Waals surface area contributed by atoms with E-state index in [1.807, 2.05) is 91.4 Å². The van der Waals surface area contributed by atoms with E-state index < -0.39 is 0 Å². The summed E-state index contributed by atoms with van der Waals surface area (Å²) in [5.74, 6) is 1.65. The second-order valence-corrected chi connectivity index (χ2v) is 9.33. The number of amides is 1. The van der Waals surface area contributed by atoms with Crippen LogP contribution in [0.2, 0.25) is 0 Å². The van der Waals surface area contributed by atoms with Gasteiger partial charge < -0.3 is 10.1 Å². The molecular formula is C26H26N4O2S2. The van der Waals surface area contributed by atoms with Crippen LogP contribution in [0.25, 0.3) is 17.1 Å². The molecule has 1 aromatic heterocycles. The molecule has 0 spiro atoms. The highest BCUT2D eigenvalue weighted by molar-refractivity contribution is 7.99. The molecule has 0 saturated heterocycles. The maximum absolute atomic E-state index is 12.7. The van der Waals surface area contributed by atoms with E-state index in [-0.39, 0.29) is 11.7 Å². The molecule has 0 bridgehead atoms. The second kappa shape index (κ2) is 11.3. The molecule has 0 unspecified atom stereocenters. The van der Waals surface area contributed by atoms with Crippen LogP contribution in [0.3, 0.4) is 0 Å². The van der Waals surface area contributed by atoms with Crippen molar-refractivity contribution < 1.29 is 9.53 Å². The Kier molecular flexibility index (Phi) is 7.92. The number of hydrogen-bond acceptors (Lipinski definition) is 6. The number of nitrogens with one attached hydrogen (secondary N) is 1. The number of carbonyl (C=O) groups is 1. The number of aromatic nitrogens is 3. The van der Waals surface area contributed by atoms with Crippen molar-refractivity contribution >= 4 is 35.1 Å². The molecule has 4 rings (SSSR count). The summed E-state index contributed by atoms with van der Waals surface area (Å²) in [4.78, 5) is 13.8. The van der Waals surface area contributed by atoms with E-state index >= 15 is 0 Å². The molecule has 174 valence electrons. The first-order valence-electron chi connectivity index (χ1n) is 10.9. The van der Waals surface area contributed by atoms with Gasteiger partial charge >= 0.3 is 0 Å². The van der Waals surface area contributed by atoms with Crippen LogP contribution >= 0.6 is 23.5 Å². The van der Waals surface area contributed by atoms with Gasteiger partial charge in [0.2, 0.25) is 5.91 Å². The summed E-state index contributed by atoms with van der Waals surface area (Å²) in [5.41, 5.74) is 3.79. The Hall–Kier alpha value is -3.23. The van der Waals surface area contributed by atoms with Gasteiger partial charge in [0.05, 0.1) is 12.4 Å². The van der Waals surface area contributed by atoms with Crippen LogP contribution in [0, 0.1) is 6.92 Å². The predicted octanol–water partition coefficient (Wildman–Crippen LogP) is 6.09. The molecule has 0 aliphatic heterocycles.